The van der Waals surface area contributed by atoms with Gasteiger partial charge in [-0.25, -0.2) is 17.6 Å². The summed E-state index contributed by atoms with van der Waals surface area (Å²) in [6, 6.07) is 7.43. The van der Waals surface area contributed by atoms with Crippen LogP contribution >= 0.6 is 0 Å². The predicted molar refractivity (Wildman–Crippen MR) is 113 cm³/mol. The number of benzene rings is 3. The second kappa shape index (κ2) is 9.48. The highest BCUT2D eigenvalue weighted by molar-refractivity contribution is 5.76. The number of alkyl halides is 2. The molecule has 0 aliphatic heterocycles. The molecule has 2 atom stereocenters. The van der Waals surface area contributed by atoms with Gasteiger partial charge in [-0.1, -0.05) is 18.2 Å². The Hall–Kier alpha value is -3.36. The van der Waals surface area contributed by atoms with Crippen molar-refractivity contribution in [2.75, 3.05) is 13.2 Å². The van der Waals surface area contributed by atoms with E-state index in [2.05, 4.69) is 0 Å². The SMILES string of the molecule is CCOc1ccc(OCc2ccc3c(c2F)C(F)C(F)c2c-3ccc(OCC)c2F)c(F)c1F. The Morgan fingerprint density at radius 2 is 1.03 bits per heavy atom. The van der Waals surface area contributed by atoms with Crippen LogP contribution in [0.1, 0.15) is 42.9 Å². The van der Waals surface area contributed by atoms with E-state index in [-0.39, 0.29) is 41.4 Å². The summed E-state index contributed by atoms with van der Waals surface area (Å²) in [4.78, 5) is 0. The van der Waals surface area contributed by atoms with Gasteiger partial charge in [0.1, 0.15) is 12.4 Å². The van der Waals surface area contributed by atoms with Crippen LogP contribution in [0.4, 0.5) is 26.3 Å². The third kappa shape index (κ3) is 3.93. The van der Waals surface area contributed by atoms with E-state index in [0.717, 1.165) is 12.1 Å². The Morgan fingerprint density at radius 1 is 0.588 bits per heavy atom. The second-order valence-electron chi connectivity index (χ2n) is 7.49. The van der Waals surface area contributed by atoms with Crippen molar-refractivity contribution in [2.45, 2.75) is 32.8 Å². The number of rotatable bonds is 7. The molecule has 0 saturated carbocycles. The first-order chi connectivity index (χ1) is 16.3. The smallest absolute Gasteiger partial charge is 0.204 e. The molecule has 0 bridgehead atoms. The highest BCUT2D eigenvalue weighted by Gasteiger charge is 2.40. The summed E-state index contributed by atoms with van der Waals surface area (Å²) in [6.45, 7) is 2.88. The van der Waals surface area contributed by atoms with E-state index < -0.39 is 59.1 Å². The first-order valence-electron chi connectivity index (χ1n) is 10.6. The van der Waals surface area contributed by atoms with Crippen LogP contribution < -0.4 is 14.2 Å². The molecule has 1 aliphatic rings. The predicted octanol–water partition coefficient (Wildman–Crippen LogP) is 7.32. The van der Waals surface area contributed by atoms with E-state index >= 15 is 4.39 Å². The van der Waals surface area contributed by atoms with Crippen LogP contribution in [-0.4, -0.2) is 13.2 Å². The minimum absolute atomic E-state index is 0.00310. The molecular formula is C25H20F6O3. The number of hydrogen-bond donors (Lipinski definition) is 0. The van der Waals surface area contributed by atoms with Crippen LogP contribution in [0.25, 0.3) is 11.1 Å². The van der Waals surface area contributed by atoms with Crippen molar-refractivity contribution in [3.8, 4) is 28.4 Å². The van der Waals surface area contributed by atoms with Gasteiger partial charge < -0.3 is 14.2 Å². The Morgan fingerprint density at radius 3 is 1.59 bits per heavy atom. The van der Waals surface area contributed by atoms with Crippen LogP contribution in [0.5, 0.6) is 17.2 Å². The number of hydrogen-bond acceptors (Lipinski definition) is 3. The van der Waals surface area contributed by atoms with Crippen molar-refractivity contribution in [1.29, 1.82) is 0 Å². The van der Waals surface area contributed by atoms with E-state index in [4.69, 9.17) is 14.2 Å². The van der Waals surface area contributed by atoms with Gasteiger partial charge in [0.05, 0.1) is 13.2 Å². The molecule has 0 heterocycles. The normalized spacial score (nSPS) is 16.6. The minimum atomic E-state index is -2.49. The largest absolute Gasteiger partial charge is 0.491 e. The molecule has 4 rings (SSSR count). The van der Waals surface area contributed by atoms with E-state index in [0.29, 0.717) is 0 Å². The van der Waals surface area contributed by atoms with Crippen molar-refractivity contribution in [2.24, 2.45) is 0 Å². The Balaban J connectivity index is 1.68. The second-order valence-corrected chi connectivity index (χ2v) is 7.49. The van der Waals surface area contributed by atoms with Gasteiger partial charge in [0, 0.05) is 16.7 Å². The van der Waals surface area contributed by atoms with Crippen molar-refractivity contribution in [1.82, 2.24) is 0 Å². The Kier molecular flexibility index (Phi) is 6.63. The fourth-order valence-corrected chi connectivity index (χ4v) is 3.94. The lowest BCUT2D eigenvalue weighted by Gasteiger charge is -2.28. The zero-order valence-electron chi connectivity index (χ0n) is 18.2. The van der Waals surface area contributed by atoms with Crippen molar-refractivity contribution in [3.05, 3.63) is 76.4 Å². The standard InChI is InChI=1S/C25H20F6O3/c1-3-32-15-8-7-14-13-6-5-12(20(26)18(13)24(30)25(31)19(14)21(15)27)11-34-17-10-9-16(33-4-2)22(28)23(17)29/h5-10,24-25H,3-4,11H2,1-2H3. The van der Waals surface area contributed by atoms with E-state index in [9.17, 15) is 22.0 Å². The molecule has 0 aromatic heterocycles. The maximum absolute atomic E-state index is 15.2. The van der Waals surface area contributed by atoms with Gasteiger partial charge in [-0.2, -0.15) is 8.78 Å². The van der Waals surface area contributed by atoms with Gasteiger partial charge in [-0.15, -0.1) is 0 Å². The summed E-state index contributed by atoms with van der Waals surface area (Å²) in [5.74, 6) is -5.78. The van der Waals surface area contributed by atoms with Crippen molar-refractivity contribution < 1.29 is 40.6 Å². The molecule has 0 amide bonds. The molecular weight excluding hydrogens is 462 g/mol. The average molecular weight is 482 g/mol. The molecule has 0 saturated heterocycles. The summed E-state index contributed by atoms with van der Waals surface area (Å²) in [5, 5.41) is 0. The van der Waals surface area contributed by atoms with Crippen molar-refractivity contribution >= 4 is 0 Å². The fourth-order valence-electron chi connectivity index (χ4n) is 3.94. The third-order valence-electron chi connectivity index (χ3n) is 5.50. The average Bonchev–Trinajstić information content (AvgIpc) is 2.82. The zero-order chi connectivity index (χ0) is 24.6. The van der Waals surface area contributed by atoms with E-state index in [1.807, 2.05) is 0 Å². The molecule has 1 aliphatic carbocycles. The van der Waals surface area contributed by atoms with Gasteiger partial charge >= 0.3 is 0 Å². The summed E-state index contributed by atoms with van der Waals surface area (Å²) < 4.78 is 103. The summed E-state index contributed by atoms with van der Waals surface area (Å²) in [6.07, 6.45) is -4.96. The topological polar surface area (TPSA) is 27.7 Å². The molecule has 0 spiro atoms. The molecule has 0 radical (unpaired) electrons. The zero-order valence-corrected chi connectivity index (χ0v) is 18.2. The van der Waals surface area contributed by atoms with Gasteiger partial charge in [0.25, 0.3) is 0 Å². The van der Waals surface area contributed by atoms with Gasteiger partial charge in [0.15, 0.2) is 35.4 Å². The Bertz CT molecular complexity index is 1230. The van der Waals surface area contributed by atoms with Crippen LogP contribution in [0, 0.1) is 23.3 Å². The molecule has 0 N–H and O–H groups in total. The van der Waals surface area contributed by atoms with E-state index in [1.54, 1.807) is 13.8 Å². The van der Waals surface area contributed by atoms with Crippen LogP contribution in [-0.2, 0) is 6.61 Å². The van der Waals surface area contributed by atoms with Crippen LogP contribution in [0.3, 0.4) is 0 Å². The number of halogens is 6. The first kappa shape index (κ1) is 23.8. The lowest BCUT2D eigenvalue weighted by atomic mass is 9.81. The third-order valence-corrected chi connectivity index (χ3v) is 5.50. The monoisotopic (exact) mass is 482 g/mol. The maximum atomic E-state index is 15.2. The molecule has 3 aromatic rings. The Labute approximate surface area is 191 Å². The molecule has 3 nitrogen and oxygen atoms in total. The van der Waals surface area contributed by atoms with Crippen LogP contribution in [0.2, 0.25) is 0 Å². The maximum Gasteiger partial charge on any atom is 0.204 e. The summed E-state index contributed by atoms with van der Waals surface area (Å²) in [5.41, 5.74) is -1.36. The first-order valence-corrected chi connectivity index (χ1v) is 10.6. The number of fused-ring (bicyclic) bond motifs is 3. The lowest BCUT2D eigenvalue weighted by Crippen LogP contribution is -2.17. The highest BCUT2D eigenvalue weighted by Crippen LogP contribution is 2.51. The quantitative estimate of drug-likeness (QED) is 0.330. The van der Waals surface area contributed by atoms with Crippen LogP contribution in [0.15, 0.2) is 36.4 Å². The summed E-state index contributed by atoms with van der Waals surface area (Å²) in [7, 11) is 0. The molecule has 0 fully saturated rings. The fraction of sp³-hybridized carbons (Fsp3) is 0.280. The van der Waals surface area contributed by atoms with Gasteiger partial charge in [-0.3, -0.25) is 0 Å². The van der Waals surface area contributed by atoms with Crippen molar-refractivity contribution in [3.63, 3.8) is 0 Å². The minimum Gasteiger partial charge on any atom is -0.491 e. The lowest BCUT2D eigenvalue weighted by molar-refractivity contribution is 0.158. The molecule has 2 unspecified atom stereocenters. The van der Waals surface area contributed by atoms with E-state index in [1.165, 1.54) is 24.3 Å². The molecule has 180 valence electrons. The van der Waals surface area contributed by atoms with Gasteiger partial charge in [0.2, 0.25) is 11.6 Å². The molecule has 9 heteroatoms. The molecule has 3 aromatic carbocycles. The van der Waals surface area contributed by atoms with Gasteiger partial charge in [-0.05, 0) is 43.2 Å². The molecule has 34 heavy (non-hydrogen) atoms. The number of ether oxygens (including phenoxy) is 3. The highest BCUT2D eigenvalue weighted by atomic mass is 19.2. The summed E-state index contributed by atoms with van der Waals surface area (Å²) >= 11 is 0.